The van der Waals surface area contributed by atoms with Crippen LogP contribution in [0.2, 0.25) is 0 Å². The first-order valence-corrected chi connectivity index (χ1v) is 10.6. The van der Waals surface area contributed by atoms with Crippen molar-refractivity contribution in [3.05, 3.63) is 35.7 Å². The van der Waals surface area contributed by atoms with E-state index >= 15 is 0 Å². The number of piperidine rings is 2. The molecule has 2 aliphatic rings. The lowest BCUT2D eigenvalue weighted by Crippen LogP contribution is -2.40. The molecule has 2 saturated heterocycles. The monoisotopic (exact) mass is 382 g/mol. The van der Waals surface area contributed by atoms with Crippen molar-refractivity contribution < 1.29 is 9.59 Å². The van der Waals surface area contributed by atoms with Crippen LogP contribution in [-0.4, -0.2) is 57.4 Å². The molecule has 150 valence electrons. The summed E-state index contributed by atoms with van der Waals surface area (Å²) in [6.45, 7) is 7.24. The molecule has 0 N–H and O–H groups in total. The van der Waals surface area contributed by atoms with Crippen molar-refractivity contribution in [1.82, 2.24) is 19.4 Å². The van der Waals surface area contributed by atoms with Gasteiger partial charge >= 0.3 is 0 Å². The Hall–Kier alpha value is -2.37. The fourth-order valence-corrected chi connectivity index (χ4v) is 4.48. The van der Waals surface area contributed by atoms with Gasteiger partial charge in [-0.25, -0.2) is 4.52 Å². The summed E-state index contributed by atoms with van der Waals surface area (Å²) in [6.07, 6.45) is 8.99. The number of pyridine rings is 1. The fourth-order valence-electron chi connectivity index (χ4n) is 4.48. The summed E-state index contributed by atoms with van der Waals surface area (Å²) in [7, 11) is 0. The average Bonchev–Trinajstić information content (AvgIpc) is 3.16. The Kier molecular flexibility index (Phi) is 5.38. The molecule has 2 aromatic rings. The van der Waals surface area contributed by atoms with Gasteiger partial charge in [0.2, 0.25) is 5.91 Å². The number of hydrogen-bond acceptors (Lipinski definition) is 3. The van der Waals surface area contributed by atoms with Gasteiger partial charge in [0, 0.05) is 38.3 Å². The molecule has 0 spiro atoms. The van der Waals surface area contributed by atoms with Gasteiger partial charge in [-0.3, -0.25) is 9.59 Å². The van der Waals surface area contributed by atoms with Crippen LogP contribution in [0.4, 0.5) is 0 Å². The first kappa shape index (κ1) is 19.0. The van der Waals surface area contributed by atoms with Crippen LogP contribution in [-0.2, 0) is 4.79 Å². The lowest BCUT2D eigenvalue weighted by Gasteiger charge is -2.33. The largest absolute Gasteiger partial charge is 0.342 e. The molecule has 2 fully saturated rings. The summed E-state index contributed by atoms with van der Waals surface area (Å²) >= 11 is 0. The number of carbonyl (C=O) groups is 2. The van der Waals surface area contributed by atoms with E-state index in [1.54, 1.807) is 10.7 Å². The lowest BCUT2D eigenvalue weighted by atomic mass is 9.89. The van der Waals surface area contributed by atoms with Crippen molar-refractivity contribution in [2.75, 3.05) is 26.2 Å². The Morgan fingerprint density at radius 1 is 1.04 bits per heavy atom. The number of carbonyl (C=O) groups excluding carboxylic acids is 2. The van der Waals surface area contributed by atoms with Gasteiger partial charge < -0.3 is 9.80 Å². The Morgan fingerprint density at radius 2 is 1.75 bits per heavy atom. The van der Waals surface area contributed by atoms with Gasteiger partial charge in [-0.2, -0.15) is 5.10 Å². The summed E-state index contributed by atoms with van der Waals surface area (Å²) in [5.74, 6) is 0.834. The summed E-state index contributed by atoms with van der Waals surface area (Å²) in [5.41, 5.74) is 2.85. The molecule has 6 nitrogen and oxygen atoms in total. The lowest BCUT2D eigenvalue weighted by molar-refractivity contribution is -0.135. The number of likely N-dealkylation sites (tertiary alicyclic amines) is 2. The quantitative estimate of drug-likeness (QED) is 0.818. The van der Waals surface area contributed by atoms with Gasteiger partial charge in [-0.1, -0.05) is 13.8 Å². The van der Waals surface area contributed by atoms with Crippen molar-refractivity contribution in [3.8, 4) is 0 Å². The maximum absolute atomic E-state index is 13.0. The Bertz CT molecular complexity index is 859. The second kappa shape index (κ2) is 7.94. The molecule has 28 heavy (non-hydrogen) atoms. The topological polar surface area (TPSA) is 57.9 Å². The minimum atomic E-state index is 0.0584. The molecule has 6 heteroatoms. The van der Waals surface area contributed by atoms with E-state index in [9.17, 15) is 9.59 Å². The van der Waals surface area contributed by atoms with E-state index in [1.807, 2.05) is 29.8 Å². The summed E-state index contributed by atoms with van der Waals surface area (Å²) in [6, 6.07) is 4.24. The van der Waals surface area contributed by atoms with Crippen LogP contribution in [0.15, 0.2) is 24.5 Å². The number of hydrogen-bond donors (Lipinski definition) is 0. The van der Waals surface area contributed by atoms with Gasteiger partial charge in [0.1, 0.15) is 0 Å². The third-order valence-electron chi connectivity index (χ3n) is 6.19. The maximum atomic E-state index is 13.0. The van der Waals surface area contributed by atoms with Crippen molar-refractivity contribution in [2.24, 2.45) is 5.92 Å². The van der Waals surface area contributed by atoms with Crippen LogP contribution < -0.4 is 0 Å². The second-order valence-corrected chi connectivity index (χ2v) is 8.46. The number of rotatable bonds is 3. The smallest absolute Gasteiger partial charge is 0.257 e. The first-order chi connectivity index (χ1) is 13.5. The molecule has 0 aliphatic carbocycles. The van der Waals surface area contributed by atoms with E-state index in [2.05, 4.69) is 17.2 Å². The molecule has 2 aromatic heterocycles. The van der Waals surface area contributed by atoms with E-state index < -0.39 is 0 Å². The summed E-state index contributed by atoms with van der Waals surface area (Å²) in [5, 5.41) is 4.39. The van der Waals surface area contributed by atoms with Crippen molar-refractivity contribution in [3.63, 3.8) is 0 Å². The number of aromatic nitrogens is 2. The Balaban J connectivity index is 1.52. The number of nitrogens with zero attached hydrogens (tertiary/aromatic N) is 4. The van der Waals surface area contributed by atoms with Gasteiger partial charge in [-0.05, 0) is 55.7 Å². The van der Waals surface area contributed by atoms with Gasteiger partial charge in [0.25, 0.3) is 5.91 Å². The zero-order chi connectivity index (χ0) is 19.7. The van der Waals surface area contributed by atoms with Crippen molar-refractivity contribution in [1.29, 1.82) is 0 Å². The van der Waals surface area contributed by atoms with Crippen LogP contribution in [0, 0.1) is 5.92 Å². The minimum Gasteiger partial charge on any atom is -0.342 e. The van der Waals surface area contributed by atoms with Crippen LogP contribution in [0.25, 0.3) is 5.52 Å². The van der Waals surface area contributed by atoms with Crippen LogP contribution in [0.3, 0.4) is 0 Å². The predicted molar refractivity (Wildman–Crippen MR) is 108 cm³/mol. The molecule has 0 unspecified atom stereocenters. The van der Waals surface area contributed by atoms with Crippen molar-refractivity contribution >= 4 is 17.3 Å². The second-order valence-electron chi connectivity index (χ2n) is 8.46. The van der Waals surface area contributed by atoms with E-state index in [4.69, 9.17) is 0 Å². The minimum absolute atomic E-state index is 0.0584. The van der Waals surface area contributed by atoms with E-state index in [-0.39, 0.29) is 17.7 Å². The number of fused-ring (bicyclic) bond motifs is 1. The van der Waals surface area contributed by atoms with E-state index in [0.717, 1.165) is 57.4 Å². The molecule has 0 bridgehead atoms. The van der Waals surface area contributed by atoms with Gasteiger partial charge in [0.15, 0.2) is 0 Å². The Morgan fingerprint density at radius 3 is 2.43 bits per heavy atom. The third kappa shape index (κ3) is 3.64. The fraction of sp³-hybridized carbons (Fsp3) is 0.591. The highest BCUT2D eigenvalue weighted by atomic mass is 16.2. The standard InChI is InChI=1S/C22H30N4O2/c1-16(2)21(27)25-11-6-17(7-12-25)18-8-13-26-20(14-18)19(15-23-26)22(28)24-9-4-3-5-10-24/h8,13-17H,3-7,9-12H2,1-2H3. The SMILES string of the molecule is CC(C)C(=O)N1CCC(c2ccn3ncc(C(=O)N4CCCCC4)c3c2)CC1. The van der Waals surface area contributed by atoms with E-state index in [0.29, 0.717) is 11.5 Å². The molecule has 2 aliphatic heterocycles. The van der Waals surface area contributed by atoms with Crippen LogP contribution >= 0.6 is 0 Å². The first-order valence-electron chi connectivity index (χ1n) is 10.6. The molecular weight excluding hydrogens is 352 g/mol. The predicted octanol–water partition coefficient (Wildman–Crippen LogP) is 3.32. The van der Waals surface area contributed by atoms with Gasteiger partial charge in [0.05, 0.1) is 17.3 Å². The van der Waals surface area contributed by atoms with Gasteiger partial charge in [-0.15, -0.1) is 0 Å². The zero-order valence-electron chi connectivity index (χ0n) is 16.9. The average molecular weight is 383 g/mol. The Labute approximate surface area is 166 Å². The highest BCUT2D eigenvalue weighted by Gasteiger charge is 2.26. The highest BCUT2D eigenvalue weighted by Crippen LogP contribution is 2.30. The zero-order valence-corrected chi connectivity index (χ0v) is 16.9. The molecule has 0 atom stereocenters. The molecule has 0 saturated carbocycles. The summed E-state index contributed by atoms with van der Waals surface area (Å²) in [4.78, 5) is 29.1. The molecule has 0 aromatic carbocycles. The van der Waals surface area contributed by atoms with Crippen LogP contribution in [0.1, 0.15) is 67.8 Å². The highest BCUT2D eigenvalue weighted by molar-refractivity contribution is 6.00. The molecule has 2 amide bonds. The number of amides is 2. The molecule has 0 radical (unpaired) electrons. The molecule has 4 rings (SSSR count). The van der Waals surface area contributed by atoms with E-state index in [1.165, 1.54) is 12.0 Å². The molecular formula is C22H30N4O2. The normalized spacial score (nSPS) is 18.8. The maximum Gasteiger partial charge on any atom is 0.257 e. The van der Waals surface area contributed by atoms with Crippen LogP contribution in [0.5, 0.6) is 0 Å². The third-order valence-corrected chi connectivity index (χ3v) is 6.19. The molecule has 4 heterocycles. The summed E-state index contributed by atoms with van der Waals surface area (Å²) < 4.78 is 1.80. The van der Waals surface area contributed by atoms with Crippen molar-refractivity contribution in [2.45, 2.75) is 51.9 Å².